The minimum atomic E-state index is -2.92. The van der Waals surface area contributed by atoms with Crippen LogP contribution in [-0.4, -0.2) is 43.8 Å². The molecule has 2 fully saturated rings. The first-order chi connectivity index (χ1) is 8.46. The van der Waals surface area contributed by atoms with E-state index in [2.05, 4.69) is 12.2 Å². The Bertz CT molecular complexity index is 496. The van der Waals surface area contributed by atoms with Crippen LogP contribution in [0, 0.1) is 17.8 Å². The fourth-order valence-electron chi connectivity index (χ4n) is 3.59. The number of rotatable bonds is 2. The van der Waals surface area contributed by atoms with Gasteiger partial charge in [-0.2, -0.15) is 0 Å². The highest BCUT2D eigenvalue weighted by Gasteiger charge is 2.43. The van der Waals surface area contributed by atoms with E-state index in [0.29, 0.717) is 18.3 Å². The number of hydrogen-bond acceptors (Lipinski definition) is 3. The summed E-state index contributed by atoms with van der Waals surface area (Å²) in [5.74, 6) is 1.58. The first-order valence-electron chi connectivity index (χ1n) is 6.62. The molecule has 18 heavy (non-hydrogen) atoms. The van der Waals surface area contributed by atoms with Gasteiger partial charge in [0.15, 0.2) is 9.84 Å². The number of allylic oxidation sites excluding steroid dienone is 2. The van der Waals surface area contributed by atoms with E-state index in [1.807, 2.05) is 0 Å². The number of sulfone groups is 1. The fourth-order valence-corrected chi connectivity index (χ4v) is 5.36. The highest BCUT2D eigenvalue weighted by molar-refractivity contribution is 7.91. The zero-order valence-electron chi connectivity index (χ0n) is 10.6. The molecule has 2 aliphatic carbocycles. The molecule has 0 radical (unpaired) electrons. The lowest BCUT2D eigenvalue weighted by atomic mass is 9.92. The summed E-state index contributed by atoms with van der Waals surface area (Å²) in [6.07, 6.45) is 7.03. The molecule has 1 amide bonds. The van der Waals surface area contributed by atoms with Gasteiger partial charge in [0, 0.05) is 19.0 Å². The summed E-state index contributed by atoms with van der Waals surface area (Å²) in [7, 11) is -1.15. The zero-order chi connectivity index (χ0) is 12.9. The smallest absolute Gasteiger partial charge is 0.226 e. The van der Waals surface area contributed by atoms with E-state index in [-0.39, 0.29) is 29.4 Å². The molecule has 1 saturated carbocycles. The predicted octanol–water partition coefficient (Wildman–Crippen LogP) is 0.844. The van der Waals surface area contributed by atoms with Crippen LogP contribution in [0.25, 0.3) is 0 Å². The van der Waals surface area contributed by atoms with Crippen molar-refractivity contribution in [2.24, 2.45) is 17.8 Å². The maximum atomic E-state index is 12.4. The van der Waals surface area contributed by atoms with Gasteiger partial charge in [-0.25, -0.2) is 8.42 Å². The summed E-state index contributed by atoms with van der Waals surface area (Å²) in [4.78, 5) is 14.1. The molecule has 1 saturated heterocycles. The number of hydrogen-bond donors (Lipinski definition) is 0. The Hall–Kier alpha value is -0.840. The highest BCUT2D eigenvalue weighted by Crippen LogP contribution is 2.44. The van der Waals surface area contributed by atoms with Crippen LogP contribution >= 0.6 is 0 Å². The predicted molar refractivity (Wildman–Crippen MR) is 68.7 cm³/mol. The van der Waals surface area contributed by atoms with Crippen molar-refractivity contribution in [1.82, 2.24) is 4.90 Å². The van der Waals surface area contributed by atoms with Crippen LogP contribution < -0.4 is 0 Å². The fraction of sp³-hybridized carbons (Fsp3) is 0.769. The van der Waals surface area contributed by atoms with Crippen molar-refractivity contribution in [2.45, 2.75) is 25.3 Å². The molecule has 4 nitrogen and oxygen atoms in total. The second kappa shape index (κ2) is 4.08. The molecular weight excluding hydrogens is 250 g/mol. The van der Waals surface area contributed by atoms with Crippen molar-refractivity contribution >= 4 is 15.7 Å². The van der Waals surface area contributed by atoms with Gasteiger partial charge in [-0.05, 0) is 31.1 Å². The molecular formula is C13H19NO3S. The van der Waals surface area contributed by atoms with Crippen LogP contribution in [0.5, 0.6) is 0 Å². The molecule has 4 atom stereocenters. The van der Waals surface area contributed by atoms with Gasteiger partial charge >= 0.3 is 0 Å². The van der Waals surface area contributed by atoms with Crippen LogP contribution in [0.2, 0.25) is 0 Å². The molecule has 3 aliphatic rings. The number of fused-ring (bicyclic) bond motifs is 2. The van der Waals surface area contributed by atoms with E-state index in [1.165, 1.54) is 0 Å². The lowest BCUT2D eigenvalue weighted by molar-refractivity contribution is -0.136. The Morgan fingerprint density at radius 2 is 2.06 bits per heavy atom. The quantitative estimate of drug-likeness (QED) is 0.698. The summed E-state index contributed by atoms with van der Waals surface area (Å²) < 4.78 is 22.9. The van der Waals surface area contributed by atoms with Gasteiger partial charge in [0.2, 0.25) is 5.91 Å². The SMILES string of the molecule is CN(C(=O)C1CC2C=CC1C2)C1CCS(=O)(=O)C1. The van der Waals surface area contributed by atoms with Crippen molar-refractivity contribution in [3.8, 4) is 0 Å². The molecule has 1 heterocycles. The molecule has 5 heteroatoms. The molecule has 4 unspecified atom stereocenters. The van der Waals surface area contributed by atoms with Crippen LogP contribution in [0.4, 0.5) is 0 Å². The van der Waals surface area contributed by atoms with Crippen molar-refractivity contribution in [2.75, 3.05) is 18.6 Å². The van der Waals surface area contributed by atoms with Gasteiger partial charge in [0.25, 0.3) is 0 Å². The molecule has 3 rings (SSSR count). The largest absolute Gasteiger partial charge is 0.341 e. The standard InChI is InChI=1S/C13H19NO3S/c1-14(11-4-5-18(16,17)8-11)13(15)12-7-9-2-3-10(12)6-9/h2-3,9-12H,4-8H2,1H3. The van der Waals surface area contributed by atoms with E-state index in [4.69, 9.17) is 0 Å². The van der Waals surface area contributed by atoms with Gasteiger partial charge in [-0.3, -0.25) is 4.79 Å². The average molecular weight is 269 g/mol. The van der Waals surface area contributed by atoms with E-state index in [9.17, 15) is 13.2 Å². The minimum absolute atomic E-state index is 0.0910. The Labute approximate surface area is 108 Å². The van der Waals surface area contributed by atoms with Crippen LogP contribution in [-0.2, 0) is 14.6 Å². The molecule has 1 aliphatic heterocycles. The van der Waals surface area contributed by atoms with Gasteiger partial charge in [0.1, 0.15) is 0 Å². The van der Waals surface area contributed by atoms with Gasteiger partial charge in [0.05, 0.1) is 11.5 Å². The number of carbonyl (C=O) groups excluding carboxylic acids is 1. The first kappa shape index (κ1) is 12.2. The van der Waals surface area contributed by atoms with Crippen molar-refractivity contribution in [1.29, 1.82) is 0 Å². The summed E-state index contributed by atoms with van der Waals surface area (Å²) in [6.45, 7) is 0. The van der Waals surface area contributed by atoms with Crippen LogP contribution in [0.3, 0.4) is 0 Å². The molecule has 0 spiro atoms. The van der Waals surface area contributed by atoms with Crippen molar-refractivity contribution in [3.63, 3.8) is 0 Å². The summed E-state index contributed by atoms with van der Waals surface area (Å²) in [5, 5.41) is 0. The van der Waals surface area contributed by atoms with Crippen molar-refractivity contribution < 1.29 is 13.2 Å². The molecule has 0 aromatic rings. The van der Waals surface area contributed by atoms with E-state index >= 15 is 0 Å². The number of nitrogens with zero attached hydrogens (tertiary/aromatic N) is 1. The van der Waals surface area contributed by atoms with Gasteiger partial charge in [-0.1, -0.05) is 12.2 Å². The minimum Gasteiger partial charge on any atom is -0.341 e. The third kappa shape index (κ3) is 1.98. The van der Waals surface area contributed by atoms with Crippen LogP contribution in [0.15, 0.2) is 12.2 Å². The second-order valence-electron chi connectivity index (χ2n) is 5.89. The third-order valence-corrected chi connectivity index (χ3v) is 6.45. The normalized spacial score (nSPS) is 40.3. The monoisotopic (exact) mass is 269 g/mol. The molecule has 0 aromatic carbocycles. The molecule has 0 aromatic heterocycles. The maximum absolute atomic E-state index is 12.4. The van der Waals surface area contributed by atoms with E-state index in [1.54, 1.807) is 11.9 Å². The van der Waals surface area contributed by atoms with Crippen molar-refractivity contribution in [3.05, 3.63) is 12.2 Å². The Morgan fingerprint density at radius 3 is 2.56 bits per heavy atom. The van der Waals surface area contributed by atoms with E-state index in [0.717, 1.165) is 12.8 Å². The number of amides is 1. The Kier molecular flexibility index (Phi) is 2.77. The van der Waals surface area contributed by atoms with Gasteiger partial charge < -0.3 is 4.90 Å². The molecule has 0 N–H and O–H groups in total. The topological polar surface area (TPSA) is 54.5 Å². The Morgan fingerprint density at radius 1 is 1.28 bits per heavy atom. The van der Waals surface area contributed by atoms with E-state index < -0.39 is 9.84 Å². The lowest BCUT2D eigenvalue weighted by Gasteiger charge is -2.28. The third-order valence-electron chi connectivity index (χ3n) is 4.70. The zero-order valence-corrected chi connectivity index (χ0v) is 11.4. The average Bonchev–Trinajstić information content (AvgIpc) is 3.01. The maximum Gasteiger partial charge on any atom is 0.226 e. The second-order valence-corrected chi connectivity index (χ2v) is 8.12. The molecule has 2 bridgehead atoms. The first-order valence-corrected chi connectivity index (χ1v) is 8.44. The van der Waals surface area contributed by atoms with Crippen LogP contribution in [0.1, 0.15) is 19.3 Å². The van der Waals surface area contributed by atoms with Gasteiger partial charge in [-0.15, -0.1) is 0 Å². The summed E-state index contributed by atoms with van der Waals surface area (Å²) in [6, 6.07) is -0.106. The number of carbonyl (C=O) groups is 1. The Balaban J connectivity index is 1.68. The highest BCUT2D eigenvalue weighted by atomic mass is 32.2. The summed E-state index contributed by atoms with van der Waals surface area (Å²) in [5.41, 5.74) is 0. The summed E-state index contributed by atoms with van der Waals surface area (Å²) >= 11 is 0. The molecule has 100 valence electrons. The lowest BCUT2D eigenvalue weighted by Crippen LogP contribution is -2.42.